The van der Waals surface area contributed by atoms with E-state index < -0.39 is 5.97 Å². The zero-order chi connectivity index (χ0) is 12.8. The van der Waals surface area contributed by atoms with E-state index >= 15 is 0 Å². The van der Waals surface area contributed by atoms with Gasteiger partial charge >= 0.3 is 5.97 Å². The summed E-state index contributed by atoms with van der Waals surface area (Å²) in [6.07, 6.45) is 2.36. The fourth-order valence-electron chi connectivity index (χ4n) is 2.36. The Bertz CT molecular complexity index is 373. The van der Waals surface area contributed by atoms with Crippen LogP contribution in [-0.4, -0.2) is 36.8 Å². The minimum absolute atomic E-state index is 0.207. The maximum Gasteiger partial charge on any atom is 0.304 e. The predicted molar refractivity (Wildman–Crippen MR) is 71.9 cm³/mol. The van der Waals surface area contributed by atoms with Gasteiger partial charge in [-0.05, 0) is 25.0 Å². The van der Waals surface area contributed by atoms with Gasteiger partial charge in [0.25, 0.3) is 0 Å². The number of para-hydroxylation sites is 1. The molecule has 0 spiro atoms. The van der Waals surface area contributed by atoms with E-state index in [2.05, 4.69) is 34.5 Å². The van der Waals surface area contributed by atoms with Crippen LogP contribution in [0.2, 0.25) is 0 Å². The molecule has 4 nitrogen and oxygen atoms in total. The molecule has 98 valence electrons. The lowest BCUT2D eigenvalue weighted by atomic mass is 10.0. The average molecular weight is 248 g/mol. The zero-order valence-electron chi connectivity index (χ0n) is 10.5. The number of aliphatic carboxylic acids is 1. The molecular weight excluding hydrogens is 228 g/mol. The largest absolute Gasteiger partial charge is 0.481 e. The third-order valence-electron chi connectivity index (χ3n) is 3.39. The first-order valence-electron chi connectivity index (χ1n) is 6.51. The molecule has 2 N–H and O–H groups in total. The highest BCUT2D eigenvalue weighted by Gasteiger charge is 2.18. The Kier molecular flexibility index (Phi) is 4.59. The number of piperidine rings is 1. The Morgan fingerprint density at radius 3 is 2.56 bits per heavy atom. The first-order chi connectivity index (χ1) is 8.75. The van der Waals surface area contributed by atoms with E-state index in [9.17, 15) is 4.79 Å². The molecule has 0 bridgehead atoms. The van der Waals surface area contributed by atoms with Crippen LogP contribution in [0.5, 0.6) is 0 Å². The van der Waals surface area contributed by atoms with Crippen LogP contribution in [0.4, 0.5) is 5.69 Å². The van der Waals surface area contributed by atoms with Crippen LogP contribution in [-0.2, 0) is 4.79 Å². The molecule has 0 amide bonds. The lowest BCUT2D eigenvalue weighted by molar-refractivity contribution is -0.136. The molecule has 1 saturated heterocycles. The smallest absolute Gasteiger partial charge is 0.304 e. The maximum absolute atomic E-state index is 10.4. The van der Waals surface area contributed by atoms with E-state index in [4.69, 9.17) is 5.11 Å². The van der Waals surface area contributed by atoms with Crippen molar-refractivity contribution in [2.75, 3.05) is 24.5 Å². The molecule has 1 aromatic carbocycles. The van der Waals surface area contributed by atoms with E-state index in [1.165, 1.54) is 5.69 Å². The third-order valence-corrected chi connectivity index (χ3v) is 3.39. The van der Waals surface area contributed by atoms with Crippen molar-refractivity contribution in [3.63, 3.8) is 0 Å². The normalized spacial score (nSPS) is 16.8. The van der Waals surface area contributed by atoms with Gasteiger partial charge in [0.1, 0.15) is 0 Å². The minimum atomic E-state index is -0.732. The summed E-state index contributed by atoms with van der Waals surface area (Å²) < 4.78 is 0. The molecule has 1 fully saturated rings. The van der Waals surface area contributed by atoms with Crippen molar-refractivity contribution in [2.45, 2.75) is 25.3 Å². The van der Waals surface area contributed by atoms with E-state index in [0.717, 1.165) is 25.9 Å². The molecule has 1 aliphatic heterocycles. The number of benzene rings is 1. The van der Waals surface area contributed by atoms with Gasteiger partial charge in [-0.2, -0.15) is 0 Å². The summed E-state index contributed by atoms with van der Waals surface area (Å²) in [5.41, 5.74) is 1.28. The van der Waals surface area contributed by atoms with E-state index in [-0.39, 0.29) is 6.42 Å². The average Bonchev–Trinajstić information content (AvgIpc) is 2.40. The SMILES string of the molecule is O=C(O)CCNC1CCN(c2ccccc2)CC1. The van der Waals surface area contributed by atoms with Gasteiger partial charge in [0.05, 0.1) is 6.42 Å². The van der Waals surface area contributed by atoms with Gasteiger partial charge in [-0.25, -0.2) is 0 Å². The van der Waals surface area contributed by atoms with Crippen LogP contribution in [0.3, 0.4) is 0 Å². The molecule has 2 rings (SSSR count). The standard InChI is InChI=1S/C14H20N2O2/c17-14(18)6-9-15-12-7-10-16(11-8-12)13-4-2-1-3-5-13/h1-5,12,15H,6-11H2,(H,17,18). The Morgan fingerprint density at radius 2 is 1.94 bits per heavy atom. The summed E-state index contributed by atoms with van der Waals surface area (Å²) in [5.74, 6) is -0.732. The van der Waals surface area contributed by atoms with E-state index in [1.807, 2.05) is 6.07 Å². The summed E-state index contributed by atoms with van der Waals surface area (Å²) in [4.78, 5) is 12.8. The summed E-state index contributed by atoms with van der Waals surface area (Å²) in [5, 5.41) is 11.9. The quantitative estimate of drug-likeness (QED) is 0.833. The van der Waals surface area contributed by atoms with Gasteiger partial charge in [0, 0.05) is 31.4 Å². The Hall–Kier alpha value is -1.55. The molecule has 1 heterocycles. The van der Waals surface area contributed by atoms with Gasteiger partial charge in [-0.1, -0.05) is 18.2 Å². The van der Waals surface area contributed by atoms with Gasteiger partial charge in [-0.3, -0.25) is 4.79 Å². The van der Waals surface area contributed by atoms with Crippen molar-refractivity contribution in [1.82, 2.24) is 5.32 Å². The predicted octanol–water partition coefficient (Wildman–Crippen LogP) is 1.72. The lowest BCUT2D eigenvalue weighted by Crippen LogP contribution is -2.43. The van der Waals surface area contributed by atoms with Crippen molar-refractivity contribution in [1.29, 1.82) is 0 Å². The Labute approximate surface area is 108 Å². The van der Waals surface area contributed by atoms with Crippen LogP contribution < -0.4 is 10.2 Å². The van der Waals surface area contributed by atoms with Gasteiger partial charge < -0.3 is 15.3 Å². The first kappa shape index (κ1) is 12.9. The number of carboxylic acid groups (broad SMARTS) is 1. The van der Waals surface area contributed by atoms with Crippen molar-refractivity contribution in [3.05, 3.63) is 30.3 Å². The number of nitrogens with zero attached hydrogens (tertiary/aromatic N) is 1. The van der Waals surface area contributed by atoms with Crippen molar-refractivity contribution in [3.8, 4) is 0 Å². The topological polar surface area (TPSA) is 52.6 Å². The van der Waals surface area contributed by atoms with Crippen LogP contribution in [0.25, 0.3) is 0 Å². The first-order valence-corrected chi connectivity index (χ1v) is 6.51. The second-order valence-electron chi connectivity index (χ2n) is 4.69. The number of hydrogen-bond acceptors (Lipinski definition) is 3. The zero-order valence-corrected chi connectivity index (χ0v) is 10.5. The van der Waals surface area contributed by atoms with Crippen molar-refractivity contribution >= 4 is 11.7 Å². The van der Waals surface area contributed by atoms with Gasteiger partial charge in [0.15, 0.2) is 0 Å². The van der Waals surface area contributed by atoms with E-state index in [1.54, 1.807) is 0 Å². The molecular formula is C14H20N2O2. The highest BCUT2D eigenvalue weighted by molar-refractivity contribution is 5.66. The van der Waals surface area contributed by atoms with Crippen LogP contribution in [0.15, 0.2) is 30.3 Å². The number of nitrogens with one attached hydrogen (secondary N) is 1. The molecule has 0 unspecified atom stereocenters. The summed E-state index contributed by atoms with van der Waals surface area (Å²) in [7, 11) is 0. The van der Waals surface area contributed by atoms with Gasteiger partial charge in [0.2, 0.25) is 0 Å². The Balaban J connectivity index is 1.73. The molecule has 4 heteroatoms. The third kappa shape index (κ3) is 3.74. The lowest BCUT2D eigenvalue weighted by Gasteiger charge is -2.34. The molecule has 0 atom stereocenters. The summed E-state index contributed by atoms with van der Waals surface area (Å²) >= 11 is 0. The monoisotopic (exact) mass is 248 g/mol. The summed E-state index contributed by atoms with van der Waals surface area (Å²) in [6.45, 7) is 2.65. The van der Waals surface area contributed by atoms with Crippen LogP contribution in [0.1, 0.15) is 19.3 Å². The molecule has 1 aromatic rings. The van der Waals surface area contributed by atoms with Gasteiger partial charge in [-0.15, -0.1) is 0 Å². The molecule has 0 aliphatic carbocycles. The van der Waals surface area contributed by atoms with E-state index in [0.29, 0.717) is 12.6 Å². The number of carboxylic acids is 1. The fraction of sp³-hybridized carbons (Fsp3) is 0.500. The molecule has 1 aliphatic rings. The van der Waals surface area contributed by atoms with Crippen LogP contribution >= 0.6 is 0 Å². The highest BCUT2D eigenvalue weighted by atomic mass is 16.4. The fourth-order valence-corrected chi connectivity index (χ4v) is 2.36. The maximum atomic E-state index is 10.4. The number of anilines is 1. The minimum Gasteiger partial charge on any atom is -0.481 e. The summed E-state index contributed by atoms with van der Waals surface area (Å²) in [6, 6.07) is 10.9. The number of hydrogen-bond donors (Lipinski definition) is 2. The highest BCUT2D eigenvalue weighted by Crippen LogP contribution is 2.19. The Morgan fingerprint density at radius 1 is 1.28 bits per heavy atom. The number of carbonyl (C=O) groups is 1. The second kappa shape index (κ2) is 6.40. The van der Waals surface area contributed by atoms with Crippen molar-refractivity contribution < 1.29 is 9.90 Å². The second-order valence-corrected chi connectivity index (χ2v) is 4.69. The molecule has 0 radical (unpaired) electrons. The van der Waals surface area contributed by atoms with Crippen molar-refractivity contribution in [2.24, 2.45) is 0 Å². The molecule has 0 saturated carbocycles. The molecule has 0 aromatic heterocycles. The number of rotatable bonds is 5. The molecule has 18 heavy (non-hydrogen) atoms. The van der Waals surface area contributed by atoms with Crippen LogP contribution in [0, 0.1) is 0 Å².